The topological polar surface area (TPSA) is 87.3 Å². The van der Waals surface area contributed by atoms with Crippen molar-refractivity contribution < 1.29 is 14.4 Å². The maximum absolute atomic E-state index is 11.8. The van der Waals surface area contributed by atoms with Gasteiger partial charge in [0.05, 0.1) is 9.65 Å². The summed E-state index contributed by atoms with van der Waals surface area (Å²) >= 11 is 6.24. The van der Waals surface area contributed by atoms with Crippen LogP contribution < -0.4 is 16.2 Å². The van der Waals surface area contributed by atoms with Crippen LogP contribution in [0.25, 0.3) is 0 Å². The Balaban J connectivity index is 2.59. The summed E-state index contributed by atoms with van der Waals surface area (Å²) < 4.78 is 0. The Morgan fingerprint density at radius 1 is 0.905 bits per heavy atom. The van der Waals surface area contributed by atoms with Crippen LogP contribution in [0.5, 0.6) is 0 Å². The Kier molecular flexibility index (Phi) is 6.83. The number of hydrazine groups is 1. The van der Waals surface area contributed by atoms with Gasteiger partial charge in [-0.2, -0.15) is 0 Å². The smallest absolute Gasteiger partial charge is 0.269 e. The van der Waals surface area contributed by atoms with E-state index in [2.05, 4.69) is 48.0 Å². The largest absolute Gasteiger partial charge is 0.325 e. The number of amides is 3. The lowest BCUT2D eigenvalue weighted by Crippen LogP contribution is -2.44. The Labute approximate surface area is 139 Å². The van der Waals surface area contributed by atoms with E-state index in [4.69, 9.17) is 0 Å². The molecule has 3 N–H and O–H groups in total. The molecule has 0 saturated carbocycles. The highest BCUT2D eigenvalue weighted by atomic mass is 79.9. The Morgan fingerprint density at radius 2 is 1.43 bits per heavy atom. The van der Waals surface area contributed by atoms with Crippen LogP contribution in [0.4, 0.5) is 5.69 Å². The average Bonchev–Trinajstić information content (AvgIpc) is 2.44. The SMILES string of the molecule is CC(Br)C(=O)NNC(=O)c1ccc(NC(=O)C(C)Br)cc1. The lowest BCUT2D eigenvalue weighted by atomic mass is 10.2. The maximum atomic E-state index is 11.8. The molecule has 8 heteroatoms. The average molecular weight is 421 g/mol. The van der Waals surface area contributed by atoms with E-state index in [-0.39, 0.29) is 16.6 Å². The van der Waals surface area contributed by atoms with E-state index >= 15 is 0 Å². The van der Waals surface area contributed by atoms with Gasteiger partial charge < -0.3 is 5.32 Å². The van der Waals surface area contributed by atoms with Crippen molar-refractivity contribution in [2.24, 2.45) is 0 Å². The normalized spacial score (nSPS) is 13.0. The first kappa shape index (κ1) is 17.6. The molecule has 0 aromatic heterocycles. The second-order valence-corrected chi connectivity index (χ2v) is 6.99. The summed E-state index contributed by atoms with van der Waals surface area (Å²) in [6, 6.07) is 6.31. The van der Waals surface area contributed by atoms with Gasteiger partial charge in [0.25, 0.3) is 11.8 Å². The predicted octanol–water partition coefficient (Wildman–Crippen LogP) is 1.95. The van der Waals surface area contributed by atoms with E-state index in [1.54, 1.807) is 38.1 Å². The molecule has 0 fully saturated rings. The third-order valence-electron chi connectivity index (χ3n) is 2.44. The molecule has 3 amide bonds. The van der Waals surface area contributed by atoms with Crippen LogP contribution in [0.3, 0.4) is 0 Å². The van der Waals surface area contributed by atoms with Crippen LogP contribution in [0.15, 0.2) is 24.3 Å². The number of carbonyl (C=O) groups is 3. The number of hydrogen-bond donors (Lipinski definition) is 3. The highest BCUT2D eigenvalue weighted by molar-refractivity contribution is 9.10. The minimum Gasteiger partial charge on any atom is -0.325 e. The molecule has 0 aliphatic rings. The van der Waals surface area contributed by atoms with Gasteiger partial charge in [-0.25, -0.2) is 0 Å². The van der Waals surface area contributed by atoms with Crippen molar-refractivity contribution in [2.45, 2.75) is 23.5 Å². The summed E-state index contributed by atoms with van der Waals surface area (Å²) in [4.78, 5) is 33.8. The molecule has 0 bridgehead atoms. The first-order valence-electron chi connectivity index (χ1n) is 6.10. The van der Waals surface area contributed by atoms with Crippen molar-refractivity contribution in [1.82, 2.24) is 10.9 Å². The fourth-order valence-corrected chi connectivity index (χ4v) is 1.47. The highest BCUT2D eigenvalue weighted by Crippen LogP contribution is 2.11. The van der Waals surface area contributed by atoms with E-state index in [1.165, 1.54) is 0 Å². The zero-order valence-electron chi connectivity index (χ0n) is 11.4. The first-order chi connectivity index (χ1) is 9.81. The summed E-state index contributed by atoms with van der Waals surface area (Å²) in [5.74, 6) is -0.965. The minimum absolute atomic E-state index is 0.175. The molecular formula is C13H15Br2N3O3. The number of hydrogen-bond acceptors (Lipinski definition) is 3. The van der Waals surface area contributed by atoms with Crippen LogP contribution in [0, 0.1) is 0 Å². The molecule has 114 valence electrons. The molecule has 2 atom stereocenters. The van der Waals surface area contributed by atoms with Gasteiger partial charge in [0, 0.05) is 11.3 Å². The van der Waals surface area contributed by atoms with Crippen LogP contribution in [0.1, 0.15) is 24.2 Å². The molecular weight excluding hydrogens is 406 g/mol. The van der Waals surface area contributed by atoms with Crippen molar-refractivity contribution in [3.8, 4) is 0 Å². The van der Waals surface area contributed by atoms with E-state index in [9.17, 15) is 14.4 Å². The Bertz CT molecular complexity index is 530. The van der Waals surface area contributed by atoms with Gasteiger partial charge in [0.15, 0.2) is 0 Å². The van der Waals surface area contributed by atoms with Crippen molar-refractivity contribution >= 4 is 55.3 Å². The van der Waals surface area contributed by atoms with Crippen LogP contribution in [0.2, 0.25) is 0 Å². The van der Waals surface area contributed by atoms with E-state index < -0.39 is 10.7 Å². The van der Waals surface area contributed by atoms with Gasteiger partial charge in [0.2, 0.25) is 5.91 Å². The summed E-state index contributed by atoms with van der Waals surface area (Å²) in [7, 11) is 0. The van der Waals surface area contributed by atoms with Crippen molar-refractivity contribution in [3.63, 3.8) is 0 Å². The summed E-state index contributed by atoms with van der Waals surface area (Å²) in [5.41, 5.74) is 5.52. The Morgan fingerprint density at radius 3 is 1.90 bits per heavy atom. The summed E-state index contributed by atoms with van der Waals surface area (Å²) in [5, 5.41) is 2.68. The third kappa shape index (κ3) is 5.84. The molecule has 0 heterocycles. The number of anilines is 1. The summed E-state index contributed by atoms with van der Waals surface area (Å²) in [6.07, 6.45) is 0. The fraction of sp³-hybridized carbons (Fsp3) is 0.308. The number of alkyl halides is 2. The lowest BCUT2D eigenvalue weighted by Gasteiger charge is -2.10. The zero-order chi connectivity index (χ0) is 16.0. The van der Waals surface area contributed by atoms with Gasteiger partial charge in [-0.3, -0.25) is 25.2 Å². The van der Waals surface area contributed by atoms with Crippen molar-refractivity contribution in [1.29, 1.82) is 0 Å². The lowest BCUT2D eigenvalue weighted by molar-refractivity contribution is -0.121. The van der Waals surface area contributed by atoms with E-state index in [0.29, 0.717) is 11.3 Å². The molecule has 0 aliphatic heterocycles. The first-order valence-corrected chi connectivity index (χ1v) is 7.93. The van der Waals surface area contributed by atoms with Crippen LogP contribution in [-0.2, 0) is 9.59 Å². The second kappa shape index (κ2) is 8.14. The van der Waals surface area contributed by atoms with Crippen LogP contribution >= 0.6 is 31.9 Å². The van der Waals surface area contributed by atoms with Gasteiger partial charge in [0.1, 0.15) is 0 Å². The van der Waals surface area contributed by atoms with E-state index in [1.807, 2.05) is 0 Å². The van der Waals surface area contributed by atoms with Crippen molar-refractivity contribution in [2.75, 3.05) is 5.32 Å². The molecule has 21 heavy (non-hydrogen) atoms. The number of benzene rings is 1. The fourth-order valence-electron chi connectivity index (χ4n) is 1.24. The molecule has 0 aliphatic carbocycles. The molecule has 1 aromatic rings. The number of halogens is 2. The quantitative estimate of drug-likeness (QED) is 0.513. The molecule has 6 nitrogen and oxygen atoms in total. The third-order valence-corrected chi connectivity index (χ3v) is 3.27. The zero-order valence-corrected chi connectivity index (χ0v) is 14.6. The van der Waals surface area contributed by atoms with Crippen LogP contribution in [-0.4, -0.2) is 27.4 Å². The predicted molar refractivity (Wildman–Crippen MR) is 87.5 cm³/mol. The molecule has 2 unspecified atom stereocenters. The number of rotatable bonds is 4. The number of carbonyl (C=O) groups excluding carboxylic acids is 3. The van der Waals surface area contributed by atoms with Gasteiger partial charge in [-0.1, -0.05) is 31.9 Å². The molecule has 0 spiro atoms. The monoisotopic (exact) mass is 419 g/mol. The number of nitrogens with one attached hydrogen (secondary N) is 3. The van der Waals surface area contributed by atoms with Gasteiger partial charge in [-0.05, 0) is 38.1 Å². The summed E-state index contributed by atoms with van der Waals surface area (Å²) in [6.45, 7) is 3.36. The van der Waals surface area contributed by atoms with E-state index in [0.717, 1.165) is 0 Å². The molecule has 0 radical (unpaired) electrons. The molecule has 1 rings (SSSR count). The minimum atomic E-state index is -0.441. The molecule has 1 aromatic carbocycles. The van der Waals surface area contributed by atoms with Gasteiger partial charge >= 0.3 is 0 Å². The van der Waals surface area contributed by atoms with Crippen molar-refractivity contribution in [3.05, 3.63) is 29.8 Å². The Hall–Kier alpha value is -1.41. The second-order valence-electron chi connectivity index (χ2n) is 4.24. The standard InChI is InChI=1S/C13H15Br2N3O3/c1-7(14)11(19)16-10-5-3-9(4-6-10)13(21)18-17-12(20)8(2)15/h3-8H,1-2H3,(H,16,19)(H,17,20)(H,18,21). The highest BCUT2D eigenvalue weighted by Gasteiger charge is 2.12. The molecule has 0 saturated heterocycles. The maximum Gasteiger partial charge on any atom is 0.269 e. The van der Waals surface area contributed by atoms with Gasteiger partial charge in [-0.15, -0.1) is 0 Å².